The summed E-state index contributed by atoms with van der Waals surface area (Å²) >= 11 is 13.3. The minimum absolute atomic E-state index is 0.187. The van der Waals surface area contributed by atoms with Gasteiger partial charge in [-0.25, -0.2) is 9.37 Å². The van der Waals surface area contributed by atoms with Gasteiger partial charge in [0, 0.05) is 17.5 Å². The highest BCUT2D eigenvalue weighted by Gasteiger charge is 2.09. The summed E-state index contributed by atoms with van der Waals surface area (Å²) in [5, 5.41) is 4.16. The molecule has 26 heavy (non-hydrogen) atoms. The van der Waals surface area contributed by atoms with Crippen LogP contribution in [0.3, 0.4) is 0 Å². The van der Waals surface area contributed by atoms with Crippen LogP contribution in [0.4, 0.5) is 9.52 Å². The summed E-state index contributed by atoms with van der Waals surface area (Å²) in [6.45, 7) is -0.187. The number of halogens is 3. The number of anilines is 1. The van der Waals surface area contributed by atoms with Crippen LogP contribution >= 0.6 is 34.5 Å². The highest BCUT2D eigenvalue weighted by molar-refractivity contribution is 7.15. The lowest BCUT2D eigenvalue weighted by Gasteiger charge is -2.05. The Bertz CT molecular complexity index is 916. The number of hydrogen-bond donors (Lipinski definition) is 1. The molecule has 0 radical (unpaired) electrons. The van der Waals surface area contributed by atoms with Gasteiger partial charge in [-0.05, 0) is 42.0 Å². The van der Waals surface area contributed by atoms with E-state index in [0.29, 0.717) is 27.3 Å². The first-order valence-electron chi connectivity index (χ1n) is 7.56. The average Bonchev–Trinajstić information content (AvgIpc) is 3.04. The molecule has 0 saturated heterocycles. The van der Waals surface area contributed by atoms with Gasteiger partial charge in [0.25, 0.3) is 5.91 Å². The maximum Gasteiger partial charge on any atom is 0.264 e. The fraction of sp³-hybridized carbons (Fsp3) is 0.111. The molecule has 1 aromatic heterocycles. The first-order valence-corrected chi connectivity index (χ1v) is 9.14. The molecule has 1 heterocycles. The number of rotatable bonds is 6. The maximum absolute atomic E-state index is 12.8. The number of carbonyl (C=O) groups excluding carboxylic acids is 1. The van der Waals surface area contributed by atoms with Gasteiger partial charge in [0.2, 0.25) is 0 Å². The molecule has 3 rings (SSSR count). The van der Waals surface area contributed by atoms with Crippen molar-refractivity contribution >= 4 is 45.6 Å². The van der Waals surface area contributed by atoms with Gasteiger partial charge in [0.15, 0.2) is 11.7 Å². The molecular formula is C18H13Cl2FN2O2S. The minimum Gasteiger partial charge on any atom is -0.484 e. The molecule has 0 aliphatic rings. The Kier molecular flexibility index (Phi) is 6.08. The summed E-state index contributed by atoms with van der Waals surface area (Å²) in [7, 11) is 0. The number of ether oxygens (including phenoxy) is 1. The van der Waals surface area contributed by atoms with E-state index in [0.717, 1.165) is 10.4 Å². The lowest BCUT2D eigenvalue weighted by molar-refractivity contribution is -0.118. The van der Waals surface area contributed by atoms with Crippen molar-refractivity contribution in [3.05, 3.63) is 75.0 Å². The van der Waals surface area contributed by atoms with Gasteiger partial charge in [-0.2, -0.15) is 0 Å². The van der Waals surface area contributed by atoms with Crippen molar-refractivity contribution in [1.82, 2.24) is 4.98 Å². The Hall–Kier alpha value is -2.15. The predicted octanol–water partition coefficient (Wildman–Crippen LogP) is 5.20. The molecule has 0 aliphatic heterocycles. The number of amides is 1. The van der Waals surface area contributed by atoms with Crippen molar-refractivity contribution < 1.29 is 13.9 Å². The Morgan fingerprint density at radius 1 is 1.15 bits per heavy atom. The molecule has 134 valence electrons. The molecule has 0 saturated carbocycles. The zero-order chi connectivity index (χ0) is 18.5. The van der Waals surface area contributed by atoms with Gasteiger partial charge < -0.3 is 4.74 Å². The number of carbonyl (C=O) groups is 1. The Labute approximate surface area is 163 Å². The van der Waals surface area contributed by atoms with E-state index in [1.54, 1.807) is 18.3 Å². The van der Waals surface area contributed by atoms with Crippen LogP contribution in [0.2, 0.25) is 10.0 Å². The standard InChI is InChI=1S/C18H13Cl2FN2O2S/c19-15-6-1-11(8-16(15)20)7-14-9-22-18(26-14)23-17(24)10-25-13-4-2-12(21)3-5-13/h1-6,8-9H,7,10H2,(H,22,23,24). The molecule has 0 atom stereocenters. The second-order valence-corrected chi connectivity index (χ2v) is 7.28. The largest absolute Gasteiger partial charge is 0.484 e. The highest BCUT2D eigenvalue weighted by Crippen LogP contribution is 2.26. The van der Waals surface area contributed by atoms with Gasteiger partial charge in [-0.15, -0.1) is 11.3 Å². The zero-order valence-electron chi connectivity index (χ0n) is 13.3. The molecule has 4 nitrogen and oxygen atoms in total. The van der Waals surface area contributed by atoms with Crippen LogP contribution in [0.25, 0.3) is 0 Å². The highest BCUT2D eigenvalue weighted by atomic mass is 35.5. The van der Waals surface area contributed by atoms with E-state index in [-0.39, 0.29) is 18.3 Å². The predicted molar refractivity (Wildman–Crippen MR) is 102 cm³/mol. The van der Waals surface area contributed by atoms with Gasteiger partial charge in [-0.1, -0.05) is 29.3 Å². The van der Waals surface area contributed by atoms with Crippen LogP contribution < -0.4 is 10.1 Å². The average molecular weight is 411 g/mol. The van der Waals surface area contributed by atoms with Gasteiger partial charge in [-0.3, -0.25) is 10.1 Å². The zero-order valence-corrected chi connectivity index (χ0v) is 15.7. The fourth-order valence-electron chi connectivity index (χ4n) is 2.13. The lowest BCUT2D eigenvalue weighted by atomic mass is 10.1. The number of nitrogens with one attached hydrogen (secondary N) is 1. The normalized spacial score (nSPS) is 10.6. The van der Waals surface area contributed by atoms with Crippen molar-refractivity contribution in [2.75, 3.05) is 11.9 Å². The second kappa shape index (κ2) is 8.49. The molecule has 0 unspecified atom stereocenters. The fourth-order valence-corrected chi connectivity index (χ4v) is 3.32. The Morgan fingerprint density at radius 3 is 2.65 bits per heavy atom. The van der Waals surface area contributed by atoms with E-state index in [1.165, 1.54) is 35.6 Å². The van der Waals surface area contributed by atoms with Crippen LogP contribution in [0.5, 0.6) is 5.75 Å². The van der Waals surface area contributed by atoms with E-state index in [2.05, 4.69) is 10.3 Å². The van der Waals surface area contributed by atoms with Crippen LogP contribution in [0.15, 0.2) is 48.7 Å². The molecule has 2 aromatic carbocycles. The van der Waals surface area contributed by atoms with Crippen molar-refractivity contribution in [2.24, 2.45) is 0 Å². The van der Waals surface area contributed by atoms with Crippen LogP contribution in [-0.4, -0.2) is 17.5 Å². The van der Waals surface area contributed by atoms with E-state index in [4.69, 9.17) is 27.9 Å². The number of aromatic nitrogens is 1. The van der Waals surface area contributed by atoms with E-state index < -0.39 is 0 Å². The van der Waals surface area contributed by atoms with Crippen LogP contribution in [-0.2, 0) is 11.2 Å². The number of thiazole rings is 1. The summed E-state index contributed by atoms with van der Waals surface area (Å²) in [4.78, 5) is 17.1. The summed E-state index contributed by atoms with van der Waals surface area (Å²) in [5.74, 6) is -0.287. The molecule has 0 spiro atoms. The monoisotopic (exact) mass is 410 g/mol. The molecule has 0 aliphatic carbocycles. The van der Waals surface area contributed by atoms with Crippen molar-refractivity contribution in [3.63, 3.8) is 0 Å². The third kappa shape index (κ3) is 5.17. The van der Waals surface area contributed by atoms with Gasteiger partial charge in [0.1, 0.15) is 11.6 Å². The smallest absolute Gasteiger partial charge is 0.264 e. The molecule has 1 N–H and O–H groups in total. The van der Waals surface area contributed by atoms with E-state index >= 15 is 0 Å². The van der Waals surface area contributed by atoms with Gasteiger partial charge in [0.05, 0.1) is 10.0 Å². The quantitative estimate of drug-likeness (QED) is 0.607. The Balaban J connectivity index is 1.53. The molecule has 1 amide bonds. The van der Waals surface area contributed by atoms with E-state index in [1.807, 2.05) is 6.07 Å². The summed E-state index contributed by atoms with van der Waals surface area (Å²) in [6, 6.07) is 10.9. The number of nitrogens with zero attached hydrogens (tertiary/aromatic N) is 1. The Morgan fingerprint density at radius 2 is 1.92 bits per heavy atom. The van der Waals surface area contributed by atoms with E-state index in [9.17, 15) is 9.18 Å². The molecular weight excluding hydrogens is 398 g/mol. The maximum atomic E-state index is 12.8. The molecule has 0 fully saturated rings. The van der Waals surface area contributed by atoms with Crippen molar-refractivity contribution in [2.45, 2.75) is 6.42 Å². The van der Waals surface area contributed by atoms with Crippen molar-refractivity contribution in [3.8, 4) is 5.75 Å². The molecule has 3 aromatic rings. The lowest BCUT2D eigenvalue weighted by Crippen LogP contribution is -2.19. The first-order chi connectivity index (χ1) is 12.5. The van der Waals surface area contributed by atoms with Crippen molar-refractivity contribution in [1.29, 1.82) is 0 Å². The number of benzene rings is 2. The first kappa shape index (κ1) is 18.6. The minimum atomic E-state index is -0.362. The third-order valence-electron chi connectivity index (χ3n) is 3.35. The molecule has 0 bridgehead atoms. The topological polar surface area (TPSA) is 51.2 Å². The second-order valence-electron chi connectivity index (χ2n) is 5.35. The summed E-state index contributed by atoms with van der Waals surface area (Å²) in [5.41, 5.74) is 1.00. The molecule has 8 heteroatoms. The SMILES string of the molecule is O=C(COc1ccc(F)cc1)Nc1ncc(Cc2ccc(Cl)c(Cl)c2)s1. The number of hydrogen-bond acceptors (Lipinski definition) is 4. The van der Waals surface area contributed by atoms with Crippen LogP contribution in [0.1, 0.15) is 10.4 Å². The summed E-state index contributed by atoms with van der Waals surface area (Å²) < 4.78 is 18.1. The van der Waals surface area contributed by atoms with Crippen LogP contribution in [0, 0.1) is 5.82 Å². The summed E-state index contributed by atoms with van der Waals surface area (Å²) in [6.07, 6.45) is 2.33. The van der Waals surface area contributed by atoms with Gasteiger partial charge >= 0.3 is 0 Å². The third-order valence-corrected chi connectivity index (χ3v) is 5.00.